The second-order valence-electron chi connectivity index (χ2n) is 9.00. The zero-order valence-electron chi connectivity index (χ0n) is 18.9. The maximum Gasteiger partial charge on any atom is 0.416 e. The van der Waals surface area contributed by atoms with Crippen molar-refractivity contribution in [2.75, 3.05) is 19.6 Å². The molecule has 1 saturated carbocycles. The third kappa shape index (κ3) is 6.17. The molecule has 2 N–H and O–H groups in total. The Labute approximate surface area is 207 Å². The molecule has 190 valence electrons. The van der Waals surface area contributed by atoms with E-state index in [1.54, 1.807) is 0 Å². The molecule has 2 aromatic carbocycles. The molecule has 0 bridgehead atoms. The molecule has 1 saturated heterocycles. The van der Waals surface area contributed by atoms with Crippen LogP contribution in [0.3, 0.4) is 0 Å². The molecule has 2 fully saturated rings. The van der Waals surface area contributed by atoms with Crippen molar-refractivity contribution in [3.05, 3.63) is 64.7 Å². The molecule has 2 aromatic rings. The van der Waals surface area contributed by atoms with Gasteiger partial charge in [0, 0.05) is 36.6 Å². The Morgan fingerprint density at radius 2 is 1.63 bits per heavy atom. The van der Waals surface area contributed by atoms with Crippen molar-refractivity contribution in [1.29, 1.82) is 0 Å². The van der Waals surface area contributed by atoms with Crippen molar-refractivity contribution in [3.8, 4) is 0 Å². The fourth-order valence-corrected chi connectivity index (χ4v) is 6.19. The monoisotopic (exact) mass is 529 g/mol. The van der Waals surface area contributed by atoms with Gasteiger partial charge in [0.2, 0.25) is 15.9 Å². The first-order valence-corrected chi connectivity index (χ1v) is 13.4. The topological polar surface area (TPSA) is 78.5 Å². The first-order valence-electron chi connectivity index (χ1n) is 11.5. The standard InChI is InChI=1S/C24H27ClF3N3O3S/c25-19-7-1-16(2-8-19)22-15-29-13-14-31(22)23(32)17-3-9-20(10-4-17)30-35(33,34)21-11-5-18(6-12-21)24(26,27)28/h1-2,5-8,11-12,17,20,22,29-30H,3-4,9-10,13-15H2/t17-,20-,22?. The number of alkyl halides is 3. The van der Waals surface area contributed by atoms with Gasteiger partial charge in [0.1, 0.15) is 0 Å². The van der Waals surface area contributed by atoms with Crippen LogP contribution in [0.4, 0.5) is 13.2 Å². The van der Waals surface area contributed by atoms with Gasteiger partial charge in [-0.2, -0.15) is 13.2 Å². The van der Waals surface area contributed by atoms with Crippen molar-refractivity contribution in [1.82, 2.24) is 14.9 Å². The highest BCUT2D eigenvalue weighted by molar-refractivity contribution is 7.89. The molecular weight excluding hydrogens is 503 g/mol. The van der Waals surface area contributed by atoms with Crippen LogP contribution >= 0.6 is 11.6 Å². The SMILES string of the molecule is O=C([C@H]1CC[C@H](NS(=O)(=O)c2ccc(C(F)(F)F)cc2)CC1)N1CCNCC1c1ccc(Cl)cc1. The summed E-state index contributed by atoms with van der Waals surface area (Å²) in [4.78, 5) is 15.1. The van der Waals surface area contributed by atoms with Crippen LogP contribution in [0.25, 0.3) is 0 Å². The maximum absolute atomic E-state index is 13.4. The first kappa shape index (κ1) is 25.9. The van der Waals surface area contributed by atoms with Crippen LogP contribution < -0.4 is 10.0 Å². The Hall–Kier alpha value is -2.14. The molecule has 4 rings (SSSR count). The first-order chi connectivity index (χ1) is 16.5. The van der Waals surface area contributed by atoms with E-state index >= 15 is 0 Å². The molecule has 1 heterocycles. The lowest BCUT2D eigenvalue weighted by atomic mass is 9.85. The predicted molar refractivity (Wildman–Crippen MR) is 126 cm³/mol. The molecule has 1 aliphatic carbocycles. The van der Waals surface area contributed by atoms with E-state index in [2.05, 4.69) is 10.0 Å². The number of benzene rings is 2. The highest BCUT2D eigenvalue weighted by Crippen LogP contribution is 2.32. The molecule has 0 radical (unpaired) electrons. The summed E-state index contributed by atoms with van der Waals surface area (Å²) < 4.78 is 66.2. The van der Waals surface area contributed by atoms with Gasteiger partial charge in [-0.15, -0.1) is 0 Å². The fourth-order valence-electron chi connectivity index (χ4n) is 4.75. The average molecular weight is 530 g/mol. The number of hydrogen-bond acceptors (Lipinski definition) is 4. The molecule has 0 spiro atoms. The average Bonchev–Trinajstić information content (AvgIpc) is 2.84. The third-order valence-electron chi connectivity index (χ3n) is 6.67. The predicted octanol–water partition coefficient (Wildman–Crippen LogP) is 4.37. The lowest BCUT2D eigenvalue weighted by molar-refractivity contribution is -0.140. The van der Waals surface area contributed by atoms with Crippen LogP contribution in [0.15, 0.2) is 53.4 Å². The Bertz CT molecular complexity index is 1130. The second-order valence-corrected chi connectivity index (χ2v) is 11.1. The van der Waals surface area contributed by atoms with E-state index in [9.17, 15) is 26.4 Å². The van der Waals surface area contributed by atoms with Gasteiger partial charge in [-0.3, -0.25) is 4.79 Å². The van der Waals surface area contributed by atoms with Crippen molar-refractivity contribution >= 4 is 27.5 Å². The van der Waals surface area contributed by atoms with Crippen LogP contribution in [-0.4, -0.2) is 44.9 Å². The van der Waals surface area contributed by atoms with E-state index in [0.717, 1.165) is 29.8 Å². The van der Waals surface area contributed by atoms with E-state index in [0.29, 0.717) is 50.3 Å². The van der Waals surface area contributed by atoms with E-state index in [1.807, 2.05) is 29.2 Å². The molecule has 2 aliphatic rings. The fraction of sp³-hybridized carbons (Fsp3) is 0.458. The molecule has 1 unspecified atom stereocenters. The number of nitrogens with zero attached hydrogens (tertiary/aromatic N) is 1. The summed E-state index contributed by atoms with van der Waals surface area (Å²) in [6, 6.07) is 10.4. The number of sulfonamides is 1. The van der Waals surface area contributed by atoms with E-state index < -0.39 is 21.8 Å². The van der Waals surface area contributed by atoms with Gasteiger partial charge in [0.25, 0.3) is 0 Å². The summed E-state index contributed by atoms with van der Waals surface area (Å²) >= 11 is 6.00. The molecule has 1 aliphatic heterocycles. The summed E-state index contributed by atoms with van der Waals surface area (Å²) in [5.74, 6) is -0.134. The number of amides is 1. The molecular formula is C24H27ClF3N3O3S. The van der Waals surface area contributed by atoms with Crippen molar-refractivity contribution < 1.29 is 26.4 Å². The van der Waals surface area contributed by atoms with Crippen LogP contribution in [0, 0.1) is 5.92 Å². The smallest absolute Gasteiger partial charge is 0.333 e. The number of nitrogens with one attached hydrogen (secondary N) is 2. The zero-order chi connectivity index (χ0) is 25.2. The van der Waals surface area contributed by atoms with Gasteiger partial charge < -0.3 is 10.2 Å². The molecule has 1 amide bonds. The number of halogens is 4. The minimum Gasteiger partial charge on any atom is -0.333 e. The normalized spacial score (nSPS) is 23.8. The number of carbonyl (C=O) groups excluding carboxylic acids is 1. The molecule has 0 aromatic heterocycles. The summed E-state index contributed by atoms with van der Waals surface area (Å²) in [5.41, 5.74) is 0.105. The number of piperazine rings is 1. The van der Waals surface area contributed by atoms with Crippen LogP contribution in [0.1, 0.15) is 42.9 Å². The minimum atomic E-state index is -4.53. The van der Waals surface area contributed by atoms with E-state index in [1.165, 1.54) is 0 Å². The lowest BCUT2D eigenvalue weighted by Crippen LogP contribution is -2.51. The van der Waals surface area contributed by atoms with E-state index in [4.69, 9.17) is 11.6 Å². The molecule has 11 heteroatoms. The lowest BCUT2D eigenvalue weighted by Gasteiger charge is -2.40. The Morgan fingerprint density at radius 1 is 1.00 bits per heavy atom. The second kappa shape index (κ2) is 10.5. The summed E-state index contributed by atoms with van der Waals surface area (Å²) in [7, 11) is -3.96. The number of carbonyl (C=O) groups is 1. The summed E-state index contributed by atoms with van der Waals surface area (Å²) in [5, 5.41) is 3.96. The van der Waals surface area contributed by atoms with Crippen molar-refractivity contribution in [2.45, 2.75) is 48.8 Å². The van der Waals surface area contributed by atoms with Crippen LogP contribution in [0.2, 0.25) is 5.02 Å². The molecule has 1 atom stereocenters. The minimum absolute atomic E-state index is 0.0653. The maximum atomic E-state index is 13.4. The number of rotatable bonds is 5. The number of hydrogen-bond donors (Lipinski definition) is 2. The van der Waals surface area contributed by atoms with Gasteiger partial charge in [-0.05, 0) is 67.6 Å². The van der Waals surface area contributed by atoms with Gasteiger partial charge in [-0.25, -0.2) is 13.1 Å². The van der Waals surface area contributed by atoms with Gasteiger partial charge >= 0.3 is 6.18 Å². The Kier molecular flexibility index (Phi) is 7.75. The van der Waals surface area contributed by atoms with Crippen LogP contribution in [-0.2, 0) is 21.0 Å². The Morgan fingerprint density at radius 3 is 2.23 bits per heavy atom. The zero-order valence-corrected chi connectivity index (χ0v) is 20.5. The largest absolute Gasteiger partial charge is 0.416 e. The van der Waals surface area contributed by atoms with Crippen molar-refractivity contribution in [3.63, 3.8) is 0 Å². The highest BCUT2D eigenvalue weighted by atomic mass is 35.5. The van der Waals surface area contributed by atoms with Crippen LogP contribution in [0.5, 0.6) is 0 Å². The van der Waals surface area contributed by atoms with Gasteiger partial charge in [-0.1, -0.05) is 23.7 Å². The van der Waals surface area contributed by atoms with Gasteiger partial charge in [0.15, 0.2) is 0 Å². The van der Waals surface area contributed by atoms with E-state index in [-0.39, 0.29) is 28.8 Å². The molecule has 6 nitrogen and oxygen atoms in total. The Balaban J connectivity index is 1.36. The van der Waals surface area contributed by atoms with Gasteiger partial charge in [0.05, 0.1) is 16.5 Å². The highest BCUT2D eigenvalue weighted by Gasteiger charge is 2.36. The quantitative estimate of drug-likeness (QED) is 0.603. The molecule has 35 heavy (non-hydrogen) atoms. The summed E-state index contributed by atoms with van der Waals surface area (Å²) in [6.45, 7) is 1.94. The third-order valence-corrected chi connectivity index (χ3v) is 8.46. The summed E-state index contributed by atoms with van der Waals surface area (Å²) in [6.07, 6.45) is -2.49. The van der Waals surface area contributed by atoms with Crippen molar-refractivity contribution in [2.24, 2.45) is 5.92 Å².